The van der Waals surface area contributed by atoms with Crippen molar-refractivity contribution < 1.29 is 45.4 Å². The monoisotopic (exact) mass is 672 g/mol. The molecular weight excluding hydrogens is 638 g/mol. The molecule has 12 nitrogen and oxygen atoms in total. The van der Waals surface area contributed by atoms with E-state index in [2.05, 4.69) is 20.4 Å². The first-order valence-electron chi connectivity index (χ1n) is 14.7. The fourth-order valence-corrected chi connectivity index (χ4v) is 5.38. The molecule has 0 spiro atoms. The maximum atomic E-state index is 14.9. The average molecular weight is 673 g/mol. The number of carbonyl (C=O) groups excluding carboxylic acids is 2. The second-order valence-corrected chi connectivity index (χ2v) is 12.3. The zero-order chi connectivity index (χ0) is 34.3. The Kier molecular flexibility index (Phi) is 9.18. The first-order valence-corrected chi connectivity index (χ1v) is 14.7. The van der Waals surface area contributed by atoms with E-state index in [1.165, 1.54) is 30.2 Å². The van der Waals surface area contributed by atoms with Gasteiger partial charge >= 0.3 is 12.3 Å². The SMILES string of the molecule is COc1ncc(-c2cc(CN3CCC(F)(F)CC3)c3c(N)ncnn23)cc1C(=O)N[C@@H]1CN(C(=O)OCC(C)(C)C(F)(F)F)C[C@@H]1F. The van der Waals surface area contributed by atoms with E-state index in [1.807, 2.05) is 4.90 Å². The van der Waals surface area contributed by atoms with Crippen LogP contribution in [0.4, 0.5) is 37.0 Å². The molecular formula is C29H34F6N8O4. The fourth-order valence-electron chi connectivity index (χ4n) is 5.38. The quantitative estimate of drug-likeness (QED) is 0.339. The standard InChI is InChI=1S/C29H34F6N8O4/c1-27(2,29(33,34)35)14-47-26(45)42-12-19(30)20(13-42)40-24(44)18-8-16(10-37-25(18)46-3)21-9-17(22-23(36)38-15-39-43(21)22)11-41-6-4-28(31,32)5-7-41/h8-10,15,19-20H,4-7,11-14H2,1-3H3,(H,40,44)(H2,36,38,39)/t19-,20+/m0/s1. The lowest BCUT2D eigenvalue weighted by atomic mass is 9.94. The normalized spacial score (nSPS) is 20.4. The molecule has 0 aliphatic carbocycles. The van der Waals surface area contributed by atoms with Crippen molar-refractivity contribution in [2.45, 2.75) is 57.5 Å². The summed E-state index contributed by atoms with van der Waals surface area (Å²) < 4.78 is 93.4. The number of halogens is 6. The molecule has 0 unspecified atom stereocenters. The second kappa shape index (κ2) is 12.7. The molecule has 2 fully saturated rings. The molecule has 2 atom stereocenters. The van der Waals surface area contributed by atoms with Crippen LogP contribution in [-0.2, 0) is 11.3 Å². The summed E-state index contributed by atoms with van der Waals surface area (Å²) in [5.41, 5.74) is 5.76. The Morgan fingerprint density at radius 2 is 1.83 bits per heavy atom. The van der Waals surface area contributed by atoms with Crippen molar-refractivity contribution >= 4 is 23.3 Å². The Balaban J connectivity index is 1.34. The lowest BCUT2D eigenvalue weighted by Crippen LogP contribution is -2.42. The number of ether oxygens (including phenoxy) is 2. The molecule has 2 saturated heterocycles. The third kappa shape index (κ3) is 7.16. The largest absolute Gasteiger partial charge is 0.480 e. The number of alkyl halides is 6. The summed E-state index contributed by atoms with van der Waals surface area (Å²) in [6.45, 7) is 0.588. The predicted octanol–water partition coefficient (Wildman–Crippen LogP) is 4.09. The summed E-state index contributed by atoms with van der Waals surface area (Å²) in [5, 5.41) is 6.81. The van der Waals surface area contributed by atoms with E-state index >= 15 is 0 Å². The van der Waals surface area contributed by atoms with Crippen LogP contribution in [0.15, 0.2) is 24.7 Å². The van der Waals surface area contributed by atoms with E-state index in [1.54, 1.807) is 6.07 Å². The van der Waals surface area contributed by atoms with Crippen molar-refractivity contribution in [3.63, 3.8) is 0 Å². The van der Waals surface area contributed by atoms with E-state index in [0.717, 1.165) is 18.7 Å². The number of amides is 2. The van der Waals surface area contributed by atoms with Crippen LogP contribution in [0.2, 0.25) is 0 Å². The number of nitrogen functional groups attached to an aromatic ring is 1. The van der Waals surface area contributed by atoms with Crippen LogP contribution >= 0.6 is 0 Å². The smallest absolute Gasteiger partial charge is 0.409 e. The zero-order valence-corrected chi connectivity index (χ0v) is 25.8. The molecule has 0 aromatic carbocycles. The summed E-state index contributed by atoms with van der Waals surface area (Å²) in [4.78, 5) is 36.9. The van der Waals surface area contributed by atoms with Gasteiger partial charge in [-0.2, -0.15) is 18.3 Å². The van der Waals surface area contributed by atoms with Gasteiger partial charge in [-0.15, -0.1) is 0 Å². The van der Waals surface area contributed by atoms with Crippen molar-refractivity contribution in [3.05, 3.63) is 35.8 Å². The summed E-state index contributed by atoms with van der Waals surface area (Å²) in [6.07, 6.45) is -5.38. The highest BCUT2D eigenvalue weighted by Crippen LogP contribution is 2.38. The van der Waals surface area contributed by atoms with Gasteiger partial charge in [0.1, 0.15) is 30.2 Å². The maximum Gasteiger partial charge on any atom is 0.409 e. The summed E-state index contributed by atoms with van der Waals surface area (Å²) in [5.74, 6) is -3.44. The number of carbonyl (C=O) groups is 2. The van der Waals surface area contributed by atoms with E-state index in [9.17, 15) is 35.9 Å². The van der Waals surface area contributed by atoms with E-state index in [-0.39, 0.29) is 49.7 Å². The number of piperidine rings is 1. The molecule has 0 bridgehead atoms. The molecule has 3 aromatic rings. The van der Waals surface area contributed by atoms with Gasteiger partial charge in [-0.3, -0.25) is 9.69 Å². The van der Waals surface area contributed by atoms with Crippen molar-refractivity contribution in [3.8, 4) is 17.1 Å². The molecule has 5 heterocycles. The van der Waals surface area contributed by atoms with Crippen LogP contribution in [-0.4, -0.2) is 106 Å². The number of rotatable bonds is 8. The summed E-state index contributed by atoms with van der Waals surface area (Å²) >= 11 is 0. The Bertz CT molecular complexity index is 1640. The van der Waals surface area contributed by atoms with Gasteiger partial charge in [0.25, 0.3) is 11.8 Å². The Labute approximate surface area is 265 Å². The number of fused-ring (bicyclic) bond motifs is 1. The van der Waals surface area contributed by atoms with Crippen molar-refractivity contribution in [1.82, 2.24) is 34.7 Å². The van der Waals surface area contributed by atoms with Crippen LogP contribution in [0.3, 0.4) is 0 Å². The van der Waals surface area contributed by atoms with Gasteiger partial charge in [-0.25, -0.2) is 32.4 Å². The van der Waals surface area contributed by atoms with Crippen LogP contribution in [0, 0.1) is 5.41 Å². The number of methoxy groups -OCH3 is 1. The highest BCUT2D eigenvalue weighted by atomic mass is 19.4. The van der Waals surface area contributed by atoms with Crippen LogP contribution in [0.25, 0.3) is 16.8 Å². The van der Waals surface area contributed by atoms with Crippen LogP contribution in [0.1, 0.15) is 42.6 Å². The maximum absolute atomic E-state index is 14.9. The Morgan fingerprint density at radius 1 is 1.13 bits per heavy atom. The van der Waals surface area contributed by atoms with Gasteiger partial charge in [0.2, 0.25) is 5.88 Å². The molecule has 3 aromatic heterocycles. The fraction of sp³-hybridized carbons (Fsp3) is 0.552. The van der Waals surface area contributed by atoms with Gasteiger partial charge in [-0.05, 0) is 31.5 Å². The molecule has 0 saturated carbocycles. The number of anilines is 1. The minimum absolute atomic E-state index is 0.0815. The number of likely N-dealkylation sites (tertiary alicyclic amines) is 2. The molecule has 3 N–H and O–H groups in total. The lowest BCUT2D eigenvalue weighted by Gasteiger charge is -2.31. The van der Waals surface area contributed by atoms with E-state index < -0.39 is 54.9 Å². The number of hydrogen-bond donors (Lipinski definition) is 2. The number of aromatic nitrogens is 4. The number of pyridine rings is 1. The van der Waals surface area contributed by atoms with Gasteiger partial charge in [0.05, 0.1) is 30.8 Å². The van der Waals surface area contributed by atoms with E-state index in [4.69, 9.17) is 15.2 Å². The molecule has 5 rings (SSSR count). The second-order valence-electron chi connectivity index (χ2n) is 12.3. The molecule has 2 aliphatic heterocycles. The third-order valence-electron chi connectivity index (χ3n) is 8.38. The first kappa shape index (κ1) is 34.0. The Morgan fingerprint density at radius 3 is 2.49 bits per heavy atom. The predicted molar refractivity (Wildman–Crippen MR) is 156 cm³/mol. The Hall–Kier alpha value is -4.35. The molecule has 47 heavy (non-hydrogen) atoms. The average Bonchev–Trinajstić information content (AvgIpc) is 3.56. The van der Waals surface area contributed by atoms with Crippen molar-refractivity contribution in [2.75, 3.05) is 45.6 Å². The highest BCUT2D eigenvalue weighted by molar-refractivity contribution is 5.98. The molecule has 2 aliphatic rings. The zero-order valence-electron chi connectivity index (χ0n) is 25.8. The van der Waals surface area contributed by atoms with Crippen molar-refractivity contribution in [2.24, 2.45) is 5.41 Å². The summed E-state index contributed by atoms with van der Waals surface area (Å²) in [6, 6.07) is 1.99. The molecule has 18 heteroatoms. The molecule has 256 valence electrons. The van der Waals surface area contributed by atoms with Gasteiger partial charge < -0.3 is 25.4 Å². The summed E-state index contributed by atoms with van der Waals surface area (Å²) in [7, 11) is 1.29. The third-order valence-corrected chi connectivity index (χ3v) is 8.38. The number of hydrogen-bond acceptors (Lipinski definition) is 9. The van der Waals surface area contributed by atoms with Gasteiger partial charge in [0.15, 0.2) is 5.82 Å². The molecule has 0 radical (unpaired) electrons. The number of nitrogens with one attached hydrogen (secondary N) is 1. The van der Waals surface area contributed by atoms with Gasteiger partial charge in [-0.1, -0.05) is 0 Å². The number of nitrogens with two attached hydrogens (primary N) is 1. The van der Waals surface area contributed by atoms with Crippen molar-refractivity contribution in [1.29, 1.82) is 0 Å². The van der Waals surface area contributed by atoms with Crippen LogP contribution < -0.4 is 15.8 Å². The first-order chi connectivity index (χ1) is 22.0. The van der Waals surface area contributed by atoms with E-state index in [0.29, 0.717) is 28.9 Å². The lowest BCUT2D eigenvalue weighted by molar-refractivity contribution is -0.222. The topological polar surface area (TPSA) is 140 Å². The number of nitrogens with zero attached hydrogens (tertiary/aromatic N) is 6. The minimum atomic E-state index is -4.62. The highest BCUT2D eigenvalue weighted by Gasteiger charge is 2.49. The van der Waals surface area contributed by atoms with Gasteiger partial charge in [0, 0.05) is 50.8 Å². The van der Waals surface area contributed by atoms with Crippen LogP contribution in [0.5, 0.6) is 5.88 Å². The minimum Gasteiger partial charge on any atom is -0.480 e. The molecule has 2 amide bonds.